The van der Waals surface area contributed by atoms with Gasteiger partial charge < -0.3 is 9.64 Å². The molecule has 1 aromatic rings. The molecule has 3 rings (SSSR count). The summed E-state index contributed by atoms with van der Waals surface area (Å²) in [5.41, 5.74) is 3.38. The van der Waals surface area contributed by atoms with E-state index in [0.717, 1.165) is 18.5 Å². The molecule has 2 nitrogen and oxygen atoms in total. The first-order chi connectivity index (χ1) is 9.83. The SMILES string of the molecule is BrCC1(CN2CCCCc3ccccc32)CCOCC1. The van der Waals surface area contributed by atoms with Gasteiger partial charge in [-0.2, -0.15) is 0 Å². The molecule has 0 aromatic heterocycles. The van der Waals surface area contributed by atoms with Crippen molar-refractivity contribution in [3.8, 4) is 0 Å². The third kappa shape index (κ3) is 3.04. The van der Waals surface area contributed by atoms with Gasteiger partial charge in [0.15, 0.2) is 0 Å². The number of alkyl halides is 1. The largest absolute Gasteiger partial charge is 0.381 e. The second-order valence-corrected chi connectivity index (χ2v) is 6.81. The van der Waals surface area contributed by atoms with Gasteiger partial charge in [-0.3, -0.25) is 0 Å². The first kappa shape index (κ1) is 14.4. The highest BCUT2D eigenvalue weighted by Crippen LogP contribution is 2.36. The molecule has 3 heteroatoms. The lowest BCUT2D eigenvalue weighted by Crippen LogP contribution is -2.43. The Morgan fingerprint density at radius 3 is 2.75 bits per heavy atom. The Morgan fingerprint density at radius 2 is 1.95 bits per heavy atom. The van der Waals surface area contributed by atoms with Crippen molar-refractivity contribution in [3.63, 3.8) is 0 Å². The topological polar surface area (TPSA) is 12.5 Å². The van der Waals surface area contributed by atoms with Crippen molar-refractivity contribution >= 4 is 21.6 Å². The first-order valence-corrected chi connectivity index (χ1v) is 8.92. The Balaban J connectivity index is 1.82. The van der Waals surface area contributed by atoms with E-state index in [1.807, 2.05) is 0 Å². The number of benzene rings is 1. The Bertz CT molecular complexity index is 442. The van der Waals surface area contributed by atoms with Crippen molar-refractivity contribution in [3.05, 3.63) is 29.8 Å². The van der Waals surface area contributed by atoms with Crippen LogP contribution in [0.1, 0.15) is 31.2 Å². The van der Waals surface area contributed by atoms with E-state index in [1.165, 1.54) is 56.4 Å². The van der Waals surface area contributed by atoms with E-state index in [1.54, 1.807) is 0 Å². The van der Waals surface area contributed by atoms with Gasteiger partial charge in [-0.15, -0.1) is 0 Å². The maximum atomic E-state index is 5.57. The van der Waals surface area contributed by atoms with E-state index in [-0.39, 0.29) is 0 Å². The van der Waals surface area contributed by atoms with E-state index in [2.05, 4.69) is 45.1 Å². The second-order valence-electron chi connectivity index (χ2n) is 6.25. The summed E-state index contributed by atoms with van der Waals surface area (Å²) in [6.07, 6.45) is 6.21. The molecule has 0 unspecified atom stereocenters. The van der Waals surface area contributed by atoms with Crippen LogP contribution >= 0.6 is 15.9 Å². The van der Waals surface area contributed by atoms with E-state index >= 15 is 0 Å². The van der Waals surface area contributed by atoms with Crippen LogP contribution in [0.4, 0.5) is 5.69 Å². The molecular formula is C17H24BrNO. The average Bonchev–Trinajstić information content (AvgIpc) is 2.71. The van der Waals surface area contributed by atoms with Gasteiger partial charge >= 0.3 is 0 Å². The summed E-state index contributed by atoms with van der Waals surface area (Å²) < 4.78 is 5.57. The highest BCUT2D eigenvalue weighted by molar-refractivity contribution is 9.09. The molecule has 0 radical (unpaired) electrons. The molecule has 20 heavy (non-hydrogen) atoms. The Hall–Kier alpha value is -0.540. The molecule has 0 spiro atoms. The van der Waals surface area contributed by atoms with Gasteiger partial charge in [-0.25, -0.2) is 0 Å². The third-order valence-corrected chi connectivity index (χ3v) is 6.01. The molecule has 0 aliphatic carbocycles. The first-order valence-electron chi connectivity index (χ1n) is 7.80. The quantitative estimate of drug-likeness (QED) is 0.772. The lowest BCUT2D eigenvalue weighted by molar-refractivity contribution is 0.0300. The molecule has 2 aliphatic rings. The van der Waals surface area contributed by atoms with Crippen molar-refractivity contribution in [1.82, 2.24) is 0 Å². The summed E-state index contributed by atoms with van der Waals surface area (Å²) >= 11 is 3.77. The zero-order chi connectivity index (χ0) is 13.8. The standard InChI is InChI=1S/C17H24BrNO/c18-13-17(8-11-20-12-9-17)14-19-10-4-3-6-15-5-1-2-7-16(15)19/h1-2,5,7H,3-4,6,8-14H2. The third-order valence-electron chi connectivity index (χ3n) is 4.82. The zero-order valence-corrected chi connectivity index (χ0v) is 13.7. The highest BCUT2D eigenvalue weighted by Gasteiger charge is 2.34. The van der Waals surface area contributed by atoms with Crippen LogP contribution in [0.25, 0.3) is 0 Å². The minimum absolute atomic E-state index is 0.385. The Morgan fingerprint density at radius 1 is 1.15 bits per heavy atom. The van der Waals surface area contributed by atoms with Crippen molar-refractivity contribution < 1.29 is 4.74 Å². The molecule has 110 valence electrons. The molecule has 2 aliphatic heterocycles. The van der Waals surface area contributed by atoms with Gasteiger partial charge in [0.2, 0.25) is 0 Å². The maximum Gasteiger partial charge on any atom is 0.0472 e. The number of rotatable bonds is 3. The van der Waals surface area contributed by atoms with E-state index in [9.17, 15) is 0 Å². The second kappa shape index (κ2) is 6.48. The summed E-state index contributed by atoms with van der Waals surface area (Å²) in [5.74, 6) is 0. The van der Waals surface area contributed by atoms with Crippen LogP contribution < -0.4 is 4.90 Å². The van der Waals surface area contributed by atoms with Gasteiger partial charge in [0.1, 0.15) is 0 Å². The van der Waals surface area contributed by atoms with Crippen molar-refractivity contribution in [2.45, 2.75) is 32.1 Å². The van der Waals surface area contributed by atoms with Crippen molar-refractivity contribution in [2.24, 2.45) is 5.41 Å². The Kier molecular flexibility index (Phi) is 4.67. The molecule has 0 bridgehead atoms. The minimum Gasteiger partial charge on any atom is -0.381 e. The van der Waals surface area contributed by atoms with Crippen LogP contribution in [0, 0.1) is 5.41 Å². The molecule has 1 aromatic carbocycles. The summed E-state index contributed by atoms with van der Waals surface area (Å²) in [6.45, 7) is 4.20. The fourth-order valence-electron chi connectivity index (χ4n) is 3.48. The fourth-order valence-corrected chi connectivity index (χ4v) is 4.21. The number of aryl methyl sites for hydroxylation is 1. The molecule has 0 saturated carbocycles. The lowest BCUT2D eigenvalue weighted by Gasteiger charge is -2.41. The van der Waals surface area contributed by atoms with Gasteiger partial charge in [0.05, 0.1) is 0 Å². The van der Waals surface area contributed by atoms with E-state index in [4.69, 9.17) is 4.74 Å². The predicted octanol–water partition coefficient (Wildman–Crippen LogP) is 4.02. The molecule has 0 amide bonds. The summed E-state index contributed by atoms with van der Waals surface area (Å²) in [5, 5.41) is 1.09. The van der Waals surface area contributed by atoms with E-state index < -0.39 is 0 Å². The number of hydrogen-bond donors (Lipinski definition) is 0. The van der Waals surface area contributed by atoms with Gasteiger partial charge in [0.25, 0.3) is 0 Å². The number of nitrogens with zero attached hydrogens (tertiary/aromatic N) is 1. The minimum atomic E-state index is 0.385. The van der Waals surface area contributed by atoms with Gasteiger partial charge in [-0.1, -0.05) is 34.1 Å². The number of halogens is 1. The van der Waals surface area contributed by atoms with Gasteiger partial charge in [-0.05, 0) is 43.7 Å². The molecular weight excluding hydrogens is 314 g/mol. The highest BCUT2D eigenvalue weighted by atomic mass is 79.9. The van der Waals surface area contributed by atoms with Crippen LogP contribution in [-0.4, -0.2) is 31.6 Å². The lowest BCUT2D eigenvalue weighted by atomic mass is 9.81. The number of ether oxygens (including phenoxy) is 1. The Labute approximate surface area is 130 Å². The van der Waals surface area contributed by atoms with Crippen LogP contribution in [0.15, 0.2) is 24.3 Å². The monoisotopic (exact) mass is 337 g/mol. The smallest absolute Gasteiger partial charge is 0.0472 e. The number of anilines is 1. The maximum absolute atomic E-state index is 5.57. The summed E-state index contributed by atoms with van der Waals surface area (Å²) in [6, 6.07) is 8.97. The van der Waals surface area contributed by atoms with Crippen LogP contribution in [-0.2, 0) is 11.2 Å². The predicted molar refractivity (Wildman–Crippen MR) is 87.9 cm³/mol. The average molecular weight is 338 g/mol. The molecule has 2 heterocycles. The van der Waals surface area contributed by atoms with Gasteiger partial charge in [0, 0.05) is 42.7 Å². The molecule has 0 atom stereocenters. The molecule has 1 fully saturated rings. The zero-order valence-electron chi connectivity index (χ0n) is 12.1. The number of hydrogen-bond acceptors (Lipinski definition) is 2. The number of para-hydroxylation sites is 1. The molecule has 1 saturated heterocycles. The fraction of sp³-hybridized carbons (Fsp3) is 0.647. The van der Waals surface area contributed by atoms with Crippen molar-refractivity contribution in [1.29, 1.82) is 0 Å². The molecule has 0 N–H and O–H groups in total. The van der Waals surface area contributed by atoms with Crippen LogP contribution in [0.2, 0.25) is 0 Å². The van der Waals surface area contributed by atoms with Crippen molar-refractivity contribution in [2.75, 3.05) is 36.5 Å². The van der Waals surface area contributed by atoms with E-state index in [0.29, 0.717) is 5.41 Å². The normalized spacial score (nSPS) is 22.1. The summed E-state index contributed by atoms with van der Waals surface area (Å²) in [4.78, 5) is 2.63. The van der Waals surface area contributed by atoms with Crippen LogP contribution in [0.5, 0.6) is 0 Å². The van der Waals surface area contributed by atoms with Crippen LogP contribution in [0.3, 0.4) is 0 Å². The summed E-state index contributed by atoms with van der Waals surface area (Å²) in [7, 11) is 0. The number of fused-ring (bicyclic) bond motifs is 1.